The van der Waals surface area contributed by atoms with E-state index in [4.69, 9.17) is 0 Å². The minimum Gasteiger partial charge on any atom is -0.373 e. The highest BCUT2D eigenvalue weighted by Gasteiger charge is 2.09. The number of carbonyl (C=O) groups is 1. The number of hydrogen-bond acceptors (Lipinski definition) is 4. The summed E-state index contributed by atoms with van der Waals surface area (Å²) in [5, 5.41) is 5.67. The highest BCUT2D eigenvalue weighted by molar-refractivity contribution is 5.77. The van der Waals surface area contributed by atoms with Crippen LogP contribution in [0, 0.1) is 0 Å². The number of nitrogens with zero attached hydrogens (tertiary/aromatic N) is 2. The van der Waals surface area contributed by atoms with E-state index in [1.807, 2.05) is 19.2 Å². The fourth-order valence-electron chi connectivity index (χ4n) is 1.78. The molecule has 0 saturated carbocycles. The molecule has 2 N–H and O–H groups in total. The van der Waals surface area contributed by atoms with Gasteiger partial charge in [-0.15, -0.1) is 0 Å². The first-order valence-corrected chi connectivity index (χ1v) is 6.25. The summed E-state index contributed by atoms with van der Waals surface area (Å²) < 4.78 is 0. The minimum atomic E-state index is 0.0475. The maximum atomic E-state index is 11.4. The van der Waals surface area contributed by atoms with Gasteiger partial charge in [-0.2, -0.15) is 0 Å². The second-order valence-electron chi connectivity index (χ2n) is 4.18. The molecule has 1 aromatic heterocycles. The molecule has 0 aliphatic rings. The van der Waals surface area contributed by atoms with Crippen molar-refractivity contribution in [3.05, 3.63) is 23.9 Å². The van der Waals surface area contributed by atoms with Crippen molar-refractivity contribution in [2.45, 2.75) is 19.9 Å². The molecule has 0 bridgehead atoms. The van der Waals surface area contributed by atoms with Gasteiger partial charge in [0.1, 0.15) is 5.82 Å². The Labute approximate surface area is 109 Å². The molecular formula is C13H22N4O. The molecule has 1 heterocycles. The zero-order valence-electron chi connectivity index (χ0n) is 11.4. The molecule has 0 radical (unpaired) electrons. The molecule has 1 aromatic rings. The molecule has 5 heteroatoms. The molecule has 0 aromatic carbocycles. The summed E-state index contributed by atoms with van der Waals surface area (Å²) in [5.74, 6) is 0.898. The van der Waals surface area contributed by atoms with Crippen molar-refractivity contribution in [2.75, 3.05) is 32.5 Å². The van der Waals surface area contributed by atoms with Crippen LogP contribution in [0.15, 0.2) is 18.3 Å². The van der Waals surface area contributed by atoms with E-state index in [1.165, 1.54) is 0 Å². The Hall–Kier alpha value is -1.62. The van der Waals surface area contributed by atoms with E-state index >= 15 is 0 Å². The van der Waals surface area contributed by atoms with Gasteiger partial charge in [0.2, 0.25) is 5.91 Å². The average molecular weight is 250 g/mol. The van der Waals surface area contributed by atoms with Crippen molar-refractivity contribution >= 4 is 11.7 Å². The summed E-state index contributed by atoms with van der Waals surface area (Å²) in [6, 6.07) is 3.99. The molecule has 100 valence electrons. The van der Waals surface area contributed by atoms with Gasteiger partial charge in [-0.25, -0.2) is 4.98 Å². The van der Waals surface area contributed by atoms with E-state index < -0.39 is 0 Å². The predicted octanol–water partition coefficient (Wildman–Crippen LogP) is 1.08. The highest BCUT2D eigenvalue weighted by atomic mass is 16.1. The number of pyridine rings is 1. The molecule has 0 aliphatic carbocycles. The molecular weight excluding hydrogens is 228 g/mol. The van der Waals surface area contributed by atoms with E-state index in [9.17, 15) is 4.79 Å². The number of carbonyl (C=O) groups excluding carboxylic acids is 1. The quantitative estimate of drug-likeness (QED) is 0.760. The number of aromatic nitrogens is 1. The van der Waals surface area contributed by atoms with Gasteiger partial charge < -0.3 is 10.6 Å². The second-order valence-corrected chi connectivity index (χ2v) is 4.18. The van der Waals surface area contributed by atoms with Crippen LogP contribution < -0.4 is 10.6 Å². The summed E-state index contributed by atoms with van der Waals surface area (Å²) in [6.07, 6.45) is 2.81. The largest absolute Gasteiger partial charge is 0.373 e. The smallest absolute Gasteiger partial charge is 0.233 e. The summed E-state index contributed by atoms with van der Waals surface area (Å²) in [5.41, 5.74) is 1.16. The zero-order chi connectivity index (χ0) is 13.4. The van der Waals surface area contributed by atoms with Crippen LogP contribution in [0.5, 0.6) is 0 Å². The van der Waals surface area contributed by atoms with Crippen LogP contribution in [-0.4, -0.2) is 43.0 Å². The van der Waals surface area contributed by atoms with Crippen molar-refractivity contribution in [2.24, 2.45) is 0 Å². The molecule has 0 fully saturated rings. The Morgan fingerprint density at radius 2 is 2.22 bits per heavy atom. The van der Waals surface area contributed by atoms with E-state index in [1.54, 1.807) is 13.2 Å². The van der Waals surface area contributed by atoms with Gasteiger partial charge in [0.25, 0.3) is 0 Å². The van der Waals surface area contributed by atoms with Gasteiger partial charge in [-0.3, -0.25) is 9.69 Å². The maximum Gasteiger partial charge on any atom is 0.233 e. The Bertz CT molecular complexity index is 381. The molecule has 0 aliphatic heterocycles. The van der Waals surface area contributed by atoms with Crippen LogP contribution >= 0.6 is 0 Å². The van der Waals surface area contributed by atoms with Gasteiger partial charge >= 0.3 is 0 Å². The number of anilines is 1. The number of amides is 1. The van der Waals surface area contributed by atoms with Crippen molar-refractivity contribution in [1.29, 1.82) is 0 Å². The van der Waals surface area contributed by atoms with Gasteiger partial charge in [0, 0.05) is 26.8 Å². The lowest BCUT2D eigenvalue weighted by Gasteiger charge is -2.20. The van der Waals surface area contributed by atoms with E-state index in [-0.39, 0.29) is 5.91 Å². The lowest BCUT2D eigenvalue weighted by molar-refractivity contribution is -0.121. The van der Waals surface area contributed by atoms with Gasteiger partial charge in [-0.1, -0.05) is 6.92 Å². The number of likely N-dealkylation sites (N-methyl/N-ethyl adjacent to an activating group) is 1. The summed E-state index contributed by atoms with van der Waals surface area (Å²) in [7, 11) is 3.51. The molecule has 18 heavy (non-hydrogen) atoms. The predicted molar refractivity (Wildman–Crippen MR) is 73.4 cm³/mol. The highest BCUT2D eigenvalue weighted by Crippen LogP contribution is 2.09. The van der Waals surface area contributed by atoms with Crippen molar-refractivity contribution in [1.82, 2.24) is 15.2 Å². The van der Waals surface area contributed by atoms with Crippen molar-refractivity contribution in [3.63, 3.8) is 0 Å². The first kappa shape index (κ1) is 14.4. The Morgan fingerprint density at radius 3 is 2.83 bits per heavy atom. The first-order chi connectivity index (χ1) is 8.69. The average Bonchev–Trinajstić information content (AvgIpc) is 2.39. The fraction of sp³-hybridized carbons (Fsp3) is 0.538. The molecule has 1 amide bonds. The Balaban J connectivity index is 2.66. The van der Waals surface area contributed by atoms with Crippen LogP contribution in [0.3, 0.4) is 0 Å². The fourth-order valence-corrected chi connectivity index (χ4v) is 1.78. The lowest BCUT2D eigenvalue weighted by atomic mass is 10.2. The third kappa shape index (κ3) is 4.71. The van der Waals surface area contributed by atoms with Gasteiger partial charge in [0.15, 0.2) is 0 Å². The molecule has 1 rings (SSSR count). The molecule has 0 unspecified atom stereocenters. The molecule has 0 atom stereocenters. The Morgan fingerprint density at radius 1 is 1.44 bits per heavy atom. The van der Waals surface area contributed by atoms with Gasteiger partial charge in [0.05, 0.1) is 6.54 Å². The third-order valence-corrected chi connectivity index (χ3v) is 2.67. The monoisotopic (exact) mass is 250 g/mol. The van der Waals surface area contributed by atoms with Crippen LogP contribution in [0.1, 0.15) is 18.9 Å². The van der Waals surface area contributed by atoms with E-state index in [0.29, 0.717) is 6.54 Å². The number of rotatable bonds is 7. The number of nitrogens with one attached hydrogen (secondary N) is 2. The second kappa shape index (κ2) is 7.66. The van der Waals surface area contributed by atoms with Crippen molar-refractivity contribution < 1.29 is 4.79 Å². The van der Waals surface area contributed by atoms with Crippen LogP contribution in [0.2, 0.25) is 0 Å². The van der Waals surface area contributed by atoms with Crippen LogP contribution in [0.4, 0.5) is 5.82 Å². The summed E-state index contributed by atoms with van der Waals surface area (Å²) in [6.45, 7) is 4.22. The standard InChI is InChI=1S/C13H22N4O/c1-4-7-17(10-13(18)15-3)9-11-5-6-16-12(8-11)14-2/h5-6,8H,4,7,9-10H2,1-3H3,(H,14,16)(H,15,18). The normalized spacial score (nSPS) is 10.4. The SMILES string of the molecule is CCCN(CC(=O)NC)Cc1ccnc(NC)c1. The lowest BCUT2D eigenvalue weighted by Crippen LogP contribution is -2.35. The minimum absolute atomic E-state index is 0.0475. The first-order valence-electron chi connectivity index (χ1n) is 6.25. The Kier molecular flexibility index (Phi) is 6.14. The summed E-state index contributed by atoms with van der Waals surface area (Å²) >= 11 is 0. The molecule has 5 nitrogen and oxygen atoms in total. The molecule has 0 spiro atoms. The van der Waals surface area contributed by atoms with Crippen LogP contribution in [-0.2, 0) is 11.3 Å². The van der Waals surface area contributed by atoms with E-state index in [2.05, 4.69) is 27.4 Å². The van der Waals surface area contributed by atoms with Crippen LogP contribution in [0.25, 0.3) is 0 Å². The van der Waals surface area contributed by atoms with Crippen molar-refractivity contribution in [3.8, 4) is 0 Å². The topological polar surface area (TPSA) is 57.3 Å². The summed E-state index contributed by atoms with van der Waals surface area (Å²) in [4.78, 5) is 17.7. The zero-order valence-corrected chi connectivity index (χ0v) is 11.4. The molecule has 0 saturated heterocycles. The maximum absolute atomic E-state index is 11.4. The number of hydrogen-bond donors (Lipinski definition) is 2. The third-order valence-electron chi connectivity index (χ3n) is 2.67. The van der Waals surface area contributed by atoms with Gasteiger partial charge in [-0.05, 0) is 30.7 Å². The van der Waals surface area contributed by atoms with E-state index in [0.717, 1.165) is 30.9 Å².